The number of benzene rings is 2. The van der Waals surface area contributed by atoms with E-state index >= 15 is 0 Å². The summed E-state index contributed by atoms with van der Waals surface area (Å²) in [5.74, 6) is 1.90. The molecule has 2 atom stereocenters. The minimum absolute atomic E-state index is 0.749. The van der Waals surface area contributed by atoms with E-state index in [9.17, 15) is 0 Å². The third-order valence-electron chi connectivity index (χ3n) is 4.24. The van der Waals surface area contributed by atoms with Crippen LogP contribution in [-0.2, 0) is 5.75 Å². The normalized spacial score (nSPS) is 22.6. The molecule has 0 aliphatic heterocycles. The van der Waals surface area contributed by atoms with E-state index in [1.165, 1.54) is 36.8 Å². The van der Waals surface area contributed by atoms with Gasteiger partial charge in [-0.15, -0.1) is 0 Å². The first kappa shape index (κ1) is 13.8. The van der Waals surface area contributed by atoms with Crippen molar-refractivity contribution in [3.05, 3.63) is 71.8 Å². The zero-order valence-corrected chi connectivity index (χ0v) is 12.7. The maximum Gasteiger partial charge on any atom is 0.0187 e. The van der Waals surface area contributed by atoms with Crippen molar-refractivity contribution in [1.82, 2.24) is 0 Å². The Balaban J connectivity index is 1.67. The van der Waals surface area contributed by atoms with Gasteiger partial charge in [-0.2, -0.15) is 11.8 Å². The van der Waals surface area contributed by atoms with E-state index in [2.05, 4.69) is 72.4 Å². The van der Waals surface area contributed by atoms with Crippen molar-refractivity contribution < 1.29 is 0 Å². The molecule has 0 spiro atoms. The molecule has 0 N–H and O–H groups in total. The Hall–Kier alpha value is -1.21. The maximum absolute atomic E-state index is 2.31. The fraction of sp³-hybridized carbons (Fsp3) is 0.368. The van der Waals surface area contributed by atoms with Gasteiger partial charge in [0.1, 0.15) is 0 Å². The van der Waals surface area contributed by atoms with Gasteiger partial charge in [-0.25, -0.2) is 0 Å². The number of hydrogen-bond donors (Lipinski definition) is 0. The Morgan fingerprint density at radius 1 is 0.800 bits per heavy atom. The summed E-state index contributed by atoms with van der Waals surface area (Å²) in [5.41, 5.74) is 2.99. The van der Waals surface area contributed by atoms with E-state index in [1.54, 1.807) is 0 Å². The van der Waals surface area contributed by atoms with Crippen LogP contribution in [0.15, 0.2) is 60.7 Å². The fourth-order valence-electron chi connectivity index (χ4n) is 3.16. The maximum atomic E-state index is 2.31. The Kier molecular flexibility index (Phi) is 4.81. The highest BCUT2D eigenvalue weighted by atomic mass is 32.2. The smallest absolute Gasteiger partial charge is 0.0187 e. The molecule has 0 bridgehead atoms. The largest absolute Gasteiger partial charge is 0.153 e. The lowest BCUT2D eigenvalue weighted by Gasteiger charge is -2.31. The van der Waals surface area contributed by atoms with E-state index < -0.39 is 0 Å². The van der Waals surface area contributed by atoms with Crippen LogP contribution in [0.5, 0.6) is 0 Å². The second-order valence-electron chi connectivity index (χ2n) is 5.64. The Morgan fingerprint density at radius 2 is 1.45 bits per heavy atom. The summed E-state index contributed by atoms with van der Waals surface area (Å²) in [6.07, 6.45) is 5.52. The molecule has 104 valence electrons. The molecule has 2 aromatic carbocycles. The average Bonchev–Trinajstić information content (AvgIpc) is 2.55. The van der Waals surface area contributed by atoms with Crippen molar-refractivity contribution in [1.29, 1.82) is 0 Å². The van der Waals surface area contributed by atoms with Crippen LogP contribution in [0.2, 0.25) is 0 Å². The Labute approximate surface area is 126 Å². The standard InChI is InChI=1S/C19H22S/c1-3-9-16(10-4-1)15-20-19-14-8-7-13-18(19)17-11-5-2-6-12-17/h1-6,9-12,18-19H,7-8,13-15H2. The Morgan fingerprint density at radius 3 is 2.20 bits per heavy atom. The van der Waals surface area contributed by atoms with Crippen LogP contribution in [0.1, 0.15) is 42.7 Å². The van der Waals surface area contributed by atoms with Crippen molar-refractivity contribution >= 4 is 11.8 Å². The van der Waals surface area contributed by atoms with E-state index in [4.69, 9.17) is 0 Å². The van der Waals surface area contributed by atoms with E-state index in [1.807, 2.05) is 0 Å². The minimum Gasteiger partial charge on any atom is -0.153 e. The van der Waals surface area contributed by atoms with Crippen LogP contribution >= 0.6 is 11.8 Å². The zero-order valence-electron chi connectivity index (χ0n) is 11.9. The summed E-state index contributed by atoms with van der Waals surface area (Å²) < 4.78 is 0. The number of hydrogen-bond acceptors (Lipinski definition) is 1. The molecule has 3 rings (SSSR count). The van der Waals surface area contributed by atoms with E-state index in [0.717, 1.165) is 16.9 Å². The van der Waals surface area contributed by atoms with E-state index in [-0.39, 0.29) is 0 Å². The van der Waals surface area contributed by atoms with Crippen molar-refractivity contribution in [2.75, 3.05) is 0 Å². The highest BCUT2D eigenvalue weighted by molar-refractivity contribution is 7.99. The summed E-state index contributed by atoms with van der Waals surface area (Å²) in [4.78, 5) is 0. The molecule has 0 nitrogen and oxygen atoms in total. The topological polar surface area (TPSA) is 0 Å². The van der Waals surface area contributed by atoms with Crippen molar-refractivity contribution in [3.63, 3.8) is 0 Å². The van der Waals surface area contributed by atoms with Crippen molar-refractivity contribution in [2.45, 2.75) is 42.6 Å². The SMILES string of the molecule is c1ccc(CSC2CCCCC2c2ccccc2)cc1. The lowest BCUT2D eigenvalue weighted by molar-refractivity contribution is 0.455. The summed E-state index contributed by atoms with van der Waals surface area (Å²) in [7, 11) is 0. The molecule has 0 amide bonds. The summed E-state index contributed by atoms with van der Waals surface area (Å²) in [6, 6.07) is 22.0. The van der Waals surface area contributed by atoms with Gasteiger partial charge in [-0.1, -0.05) is 73.5 Å². The van der Waals surface area contributed by atoms with Crippen molar-refractivity contribution in [3.8, 4) is 0 Å². The number of rotatable bonds is 4. The lowest BCUT2D eigenvalue weighted by Crippen LogP contribution is -2.20. The molecule has 1 aliphatic carbocycles. The van der Waals surface area contributed by atoms with Gasteiger partial charge >= 0.3 is 0 Å². The molecule has 1 fully saturated rings. The van der Waals surface area contributed by atoms with Crippen LogP contribution in [0.3, 0.4) is 0 Å². The van der Waals surface area contributed by atoms with Gasteiger partial charge < -0.3 is 0 Å². The zero-order chi connectivity index (χ0) is 13.6. The lowest BCUT2D eigenvalue weighted by atomic mass is 9.83. The molecule has 0 radical (unpaired) electrons. The third-order valence-corrected chi connectivity index (χ3v) is 5.73. The number of thioether (sulfide) groups is 1. The molecular weight excluding hydrogens is 260 g/mol. The molecular formula is C19H22S. The predicted octanol–water partition coefficient (Wildman–Crippen LogP) is 5.65. The first-order chi connectivity index (χ1) is 9.93. The first-order valence-corrected chi connectivity index (χ1v) is 8.69. The molecule has 2 aromatic rings. The first-order valence-electron chi connectivity index (χ1n) is 7.64. The van der Waals surface area contributed by atoms with Gasteiger partial charge in [-0.3, -0.25) is 0 Å². The van der Waals surface area contributed by atoms with Crippen LogP contribution in [-0.4, -0.2) is 5.25 Å². The average molecular weight is 282 g/mol. The monoisotopic (exact) mass is 282 g/mol. The van der Waals surface area contributed by atoms with Gasteiger partial charge in [0.2, 0.25) is 0 Å². The summed E-state index contributed by atoms with van der Waals surface area (Å²) in [6.45, 7) is 0. The molecule has 1 saturated carbocycles. The van der Waals surface area contributed by atoms with Gasteiger partial charge in [0.25, 0.3) is 0 Å². The Bertz CT molecular complexity index is 506. The fourth-order valence-corrected chi connectivity index (χ4v) is 4.61. The van der Waals surface area contributed by atoms with E-state index in [0.29, 0.717) is 0 Å². The highest BCUT2D eigenvalue weighted by Gasteiger charge is 2.26. The van der Waals surface area contributed by atoms with Gasteiger partial charge in [0.05, 0.1) is 0 Å². The van der Waals surface area contributed by atoms with Crippen LogP contribution in [0.4, 0.5) is 0 Å². The van der Waals surface area contributed by atoms with Crippen molar-refractivity contribution in [2.24, 2.45) is 0 Å². The molecule has 0 heterocycles. The second kappa shape index (κ2) is 6.99. The quantitative estimate of drug-likeness (QED) is 0.698. The van der Waals surface area contributed by atoms with Gasteiger partial charge in [-0.05, 0) is 29.9 Å². The molecule has 0 saturated heterocycles. The highest BCUT2D eigenvalue weighted by Crippen LogP contribution is 2.40. The van der Waals surface area contributed by atoms with Gasteiger partial charge in [0.15, 0.2) is 0 Å². The van der Waals surface area contributed by atoms with Crippen LogP contribution in [0.25, 0.3) is 0 Å². The summed E-state index contributed by atoms with van der Waals surface area (Å²) >= 11 is 2.15. The van der Waals surface area contributed by atoms with Crippen LogP contribution in [0, 0.1) is 0 Å². The van der Waals surface area contributed by atoms with Gasteiger partial charge in [0, 0.05) is 11.0 Å². The predicted molar refractivity (Wildman–Crippen MR) is 89.2 cm³/mol. The second-order valence-corrected chi connectivity index (χ2v) is 6.86. The molecule has 1 aliphatic rings. The molecule has 20 heavy (non-hydrogen) atoms. The summed E-state index contributed by atoms with van der Waals surface area (Å²) in [5, 5.41) is 0.784. The van der Waals surface area contributed by atoms with Crippen LogP contribution < -0.4 is 0 Å². The molecule has 2 unspecified atom stereocenters. The molecule has 1 heteroatoms. The molecule has 0 aromatic heterocycles. The third kappa shape index (κ3) is 3.46. The minimum atomic E-state index is 0.749.